The lowest BCUT2D eigenvalue weighted by atomic mass is 10.2. The fourth-order valence-electron chi connectivity index (χ4n) is 2.04. The average Bonchev–Trinajstić information content (AvgIpc) is 2.90. The normalized spacial score (nSPS) is 10.7. The minimum absolute atomic E-state index is 0.662. The second-order valence-corrected chi connectivity index (χ2v) is 5.08. The second kappa shape index (κ2) is 7.06. The first-order valence-corrected chi connectivity index (χ1v) is 7.47. The van der Waals surface area contributed by atoms with E-state index in [-0.39, 0.29) is 0 Å². The van der Waals surface area contributed by atoms with Gasteiger partial charge in [0, 0.05) is 31.8 Å². The first-order chi connectivity index (χ1) is 10.1. The quantitative estimate of drug-likeness (QED) is 0.819. The molecule has 0 unspecified atom stereocenters. The van der Waals surface area contributed by atoms with Crippen LogP contribution in [-0.2, 0) is 20.0 Å². The van der Waals surface area contributed by atoms with Crippen molar-refractivity contribution < 1.29 is 0 Å². The van der Waals surface area contributed by atoms with Gasteiger partial charge < -0.3 is 10.6 Å². The van der Waals surface area contributed by atoms with Gasteiger partial charge in [-0.1, -0.05) is 13.8 Å². The maximum Gasteiger partial charge on any atom is 0.135 e. The van der Waals surface area contributed by atoms with Crippen LogP contribution >= 0.6 is 0 Å². The van der Waals surface area contributed by atoms with Crippen molar-refractivity contribution in [2.24, 2.45) is 7.05 Å². The molecule has 0 aromatic carbocycles. The molecule has 2 rings (SSSR count). The number of anilines is 2. The fourth-order valence-corrected chi connectivity index (χ4v) is 2.04. The molecule has 0 saturated heterocycles. The van der Waals surface area contributed by atoms with Crippen LogP contribution in [0.5, 0.6) is 0 Å². The zero-order valence-corrected chi connectivity index (χ0v) is 13.3. The molecule has 0 bridgehead atoms. The van der Waals surface area contributed by atoms with Crippen LogP contribution in [0.2, 0.25) is 0 Å². The van der Waals surface area contributed by atoms with Gasteiger partial charge in [0.25, 0.3) is 0 Å². The van der Waals surface area contributed by atoms with Gasteiger partial charge in [-0.2, -0.15) is 5.10 Å². The zero-order valence-electron chi connectivity index (χ0n) is 13.3. The zero-order chi connectivity index (χ0) is 15.2. The lowest BCUT2D eigenvalue weighted by molar-refractivity contribution is 0.746. The topological polar surface area (TPSA) is 67.7 Å². The van der Waals surface area contributed by atoms with Gasteiger partial charge in [-0.3, -0.25) is 4.68 Å². The van der Waals surface area contributed by atoms with Crippen molar-refractivity contribution in [1.82, 2.24) is 19.7 Å². The van der Waals surface area contributed by atoms with E-state index in [1.807, 2.05) is 26.2 Å². The van der Waals surface area contributed by atoms with E-state index in [0.717, 1.165) is 48.1 Å². The SMILES string of the molecule is CCCNc1nc(CC)nc(NCc2ccn(C)n2)c1C. The standard InChI is InChI=1S/C15H24N6/c1-5-8-16-14-11(3)15(19-13(6-2)18-14)17-10-12-7-9-21(4)20-12/h7,9H,5-6,8,10H2,1-4H3,(H2,16,17,18,19). The van der Waals surface area contributed by atoms with Crippen molar-refractivity contribution in [3.63, 3.8) is 0 Å². The molecule has 114 valence electrons. The van der Waals surface area contributed by atoms with E-state index in [0.29, 0.717) is 6.54 Å². The number of nitrogens with one attached hydrogen (secondary N) is 2. The molecule has 0 aliphatic heterocycles. The molecule has 2 N–H and O–H groups in total. The highest BCUT2D eigenvalue weighted by Gasteiger charge is 2.10. The molecule has 0 saturated carbocycles. The van der Waals surface area contributed by atoms with Crippen molar-refractivity contribution in [1.29, 1.82) is 0 Å². The molecule has 0 aliphatic rings. The van der Waals surface area contributed by atoms with Crippen LogP contribution in [0.15, 0.2) is 12.3 Å². The second-order valence-electron chi connectivity index (χ2n) is 5.08. The van der Waals surface area contributed by atoms with Crippen LogP contribution < -0.4 is 10.6 Å². The third kappa shape index (κ3) is 3.93. The van der Waals surface area contributed by atoms with E-state index in [4.69, 9.17) is 0 Å². The molecule has 0 spiro atoms. The van der Waals surface area contributed by atoms with Crippen molar-refractivity contribution in [2.45, 2.75) is 40.2 Å². The van der Waals surface area contributed by atoms with Crippen LogP contribution in [0, 0.1) is 6.92 Å². The predicted molar refractivity (Wildman–Crippen MR) is 85.5 cm³/mol. The summed E-state index contributed by atoms with van der Waals surface area (Å²) in [5.41, 5.74) is 2.05. The largest absolute Gasteiger partial charge is 0.370 e. The minimum atomic E-state index is 0.662. The van der Waals surface area contributed by atoms with Gasteiger partial charge in [0.15, 0.2) is 0 Å². The van der Waals surface area contributed by atoms with Crippen molar-refractivity contribution in [3.05, 3.63) is 29.3 Å². The lowest BCUT2D eigenvalue weighted by Crippen LogP contribution is -2.12. The van der Waals surface area contributed by atoms with Crippen LogP contribution in [0.1, 0.15) is 37.4 Å². The third-order valence-corrected chi connectivity index (χ3v) is 3.26. The molecule has 6 heteroatoms. The Hall–Kier alpha value is -2.11. The minimum Gasteiger partial charge on any atom is -0.370 e. The van der Waals surface area contributed by atoms with Gasteiger partial charge in [0.1, 0.15) is 17.5 Å². The number of hydrogen-bond donors (Lipinski definition) is 2. The van der Waals surface area contributed by atoms with Gasteiger partial charge in [0.05, 0.1) is 12.2 Å². The van der Waals surface area contributed by atoms with Crippen LogP contribution in [0.25, 0.3) is 0 Å². The molecule has 0 fully saturated rings. The Morgan fingerprint density at radius 2 is 1.86 bits per heavy atom. The fraction of sp³-hybridized carbons (Fsp3) is 0.533. The molecule has 0 amide bonds. The molecular formula is C15H24N6. The van der Waals surface area contributed by atoms with E-state index in [1.165, 1.54) is 0 Å². The Bertz CT molecular complexity index is 590. The monoisotopic (exact) mass is 288 g/mol. The molecule has 21 heavy (non-hydrogen) atoms. The van der Waals surface area contributed by atoms with E-state index in [9.17, 15) is 0 Å². The lowest BCUT2D eigenvalue weighted by Gasteiger charge is -2.14. The number of hydrogen-bond acceptors (Lipinski definition) is 5. The average molecular weight is 288 g/mol. The van der Waals surface area contributed by atoms with Gasteiger partial charge in [-0.05, 0) is 19.4 Å². The Labute approximate surface area is 126 Å². The molecule has 0 aliphatic carbocycles. The van der Waals surface area contributed by atoms with Crippen LogP contribution in [0.3, 0.4) is 0 Å². The highest BCUT2D eigenvalue weighted by molar-refractivity contribution is 5.57. The van der Waals surface area contributed by atoms with Crippen molar-refractivity contribution in [3.8, 4) is 0 Å². The Balaban J connectivity index is 2.16. The number of aryl methyl sites for hydroxylation is 2. The summed E-state index contributed by atoms with van der Waals surface area (Å²) in [4.78, 5) is 9.15. The highest BCUT2D eigenvalue weighted by atomic mass is 15.3. The smallest absolute Gasteiger partial charge is 0.135 e. The van der Waals surface area contributed by atoms with E-state index in [1.54, 1.807) is 4.68 Å². The summed E-state index contributed by atoms with van der Waals surface area (Å²) in [5.74, 6) is 2.65. The first-order valence-electron chi connectivity index (χ1n) is 7.47. The van der Waals surface area contributed by atoms with Gasteiger partial charge >= 0.3 is 0 Å². The number of nitrogens with zero attached hydrogens (tertiary/aromatic N) is 4. The molecule has 2 aromatic heterocycles. The summed E-state index contributed by atoms with van der Waals surface area (Å²) in [6.07, 6.45) is 3.83. The van der Waals surface area contributed by atoms with Gasteiger partial charge in [-0.15, -0.1) is 0 Å². The summed E-state index contributed by atoms with van der Waals surface area (Å²) in [6.45, 7) is 7.83. The third-order valence-electron chi connectivity index (χ3n) is 3.26. The molecular weight excluding hydrogens is 264 g/mol. The highest BCUT2D eigenvalue weighted by Crippen LogP contribution is 2.20. The van der Waals surface area contributed by atoms with Crippen molar-refractivity contribution >= 4 is 11.6 Å². The number of aromatic nitrogens is 4. The first kappa shape index (κ1) is 15.3. The summed E-state index contributed by atoms with van der Waals surface area (Å²) in [5, 5.41) is 11.1. The van der Waals surface area contributed by atoms with Gasteiger partial charge in [-0.25, -0.2) is 9.97 Å². The Morgan fingerprint density at radius 1 is 1.14 bits per heavy atom. The summed E-state index contributed by atoms with van der Waals surface area (Å²) >= 11 is 0. The summed E-state index contributed by atoms with van der Waals surface area (Å²) < 4.78 is 1.80. The van der Waals surface area contributed by atoms with Crippen molar-refractivity contribution in [2.75, 3.05) is 17.2 Å². The van der Waals surface area contributed by atoms with Crippen LogP contribution in [-0.4, -0.2) is 26.3 Å². The van der Waals surface area contributed by atoms with E-state index >= 15 is 0 Å². The van der Waals surface area contributed by atoms with Crippen LogP contribution in [0.4, 0.5) is 11.6 Å². The molecule has 0 radical (unpaired) electrons. The van der Waals surface area contributed by atoms with Gasteiger partial charge in [0.2, 0.25) is 0 Å². The maximum absolute atomic E-state index is 4.58. The Kier molecular flexibility index (Phi) is 5.14. The summed E-state index contributed by atoms with van der Waals surface area (Å²) in [7, 11) is 1.92. The van der Waals surface area contributed by atoms with E-state index in [2.05, 4.69) is 39.5 Å². The Morgan fingerprint density at radius 3 is 2.43 bits per heavy atom. The maximum atomic E-state index is 4.58. The summed E-state index contributed by atoms with van der Waals surface area (Å²) in [6, 6.07) is 2.00. The number of rotatable bonds is 7. The predicted octanol–water partition coefficient (Wildman–Crippen LogP) is 2.51. The molecule has 6 nitrogen and oxygen atoms in total. The van der Waals surface area contributed by atoms with E-state index < -0.39 is 0 Å². The molecule has 0 atom stereocenters. The molecule has 2 heterocycles. The molecule has 2 aromatic rings.